The van der Waals surface area contributed by atoms with Crippen LogP contribution in [0.15, 0.2) is 88.5 Å². The maximum absolute atomic E-state index is 13.7. The Labute approximate surface area is 269 Å². The number of halogens is 1. The molecule has 0 unspecified atom stereocenters. The van der Waals surface area contributed by atoms with Crippen LogP contribution < -0.4 is 11.2 Å². The molecule has 0 saturated carbocycles. The van der Waals surface area contributed by atoms with Gasteiger partial charge in [0.1, 0.15) is 11.6 Å². The third kappa shape index (κ3) is 7.40. The zero-order valence-electron chi connectivity index (χ0n) is 26.3. The lowest BCUT2D eigenvalue weighted by Crippen LogP contribution is -2.53. The van der Waals surface area contributed by atoms with Gasteiger partial charge in [-0.15, -0.1) is 0 Å². The van der Waals surface area contributed by atoms with Gasteiger partial charge in [-0.1, -0.05) is 72.3 Å². The first-order valence-electron chi connectivity index (χ1n) is 15.8. The van der Waals surface area contributed by atoms with Crippen molar-refractivity contribution in [1.29, 1.82) is 0 Å². The van der Waals surface area contributed by atoms with Crippen molar-refractivity contribution in [2.45, 2.75) is 70.7 Å². The average molecular weight is 632 g/mol. The van der Waals surface area contributed by atoms with E-state index < -0.39 is 22.8 Å². The van der Waals surface area contributed by atoms with Gasteiger partial charge in [-0.3, -0.25) is 9.36 Å². The number of carbonyl (C=O) groups excluding carboxylic acids is 1. The van der Waals surface area contributed by atoms with E-state index in [2.05, 4.69) is 53.4 Å². The van der Waals surface area contributed by atoms with Gasteiger partial charge in [-0.25, -0.2) is 14.2 Å². The number of benzene rings is 3. The summed E-state index contributed by atoms with van der Waals surface area (Å²) in [7, 11) is 0. The van der Waals surface area contributed by atoms with Gasteiger partial charge >= 0.3 is 11.7 Å². The highest BCUT2D eigenvalue weighted by Crippen LogP contribution is 2.30. The molecule has 2 heterocycles. The van der Waals surface area contributed by atoms with Crippen LogP contribution in [0.5, 0.6) is 0 Å². The summed E-state index contributed by atoms with van der Waals surface area (Å²) >= 11 is 6.23. The molecule has 3 aromatic carbocycles. The zero-order valence-corrected chi connectivity index (χ0v) is 27.0. The first-order valence-corrected chi connectivity index (χ1v) is 16.2. The third-order valence-corrected chi connectivity index (χ3v) is 8.85. The summed E-state index contributed by atoms with van der Waals surface area (Å²) in [6.07, 6.45) is 3.60. The summed E-state index contributed by atoms with van der Waals surface area (Å²) in [6, 6.07) is 25.7. The van der Waals surface area contributed by atoms with Gasteiger partial charge < -0.3 is 14.4 Å². The van der Waals surface area contributed by atoms with Crippen LogP contribution in [0.1, 0.15) is 63.7 Å². The molecule has 0 amide bonds. The molecule has 4 aromatic rings. The van der Waals surface area contributed by atoms with E-state index in [1.54, 1.807) is 29.7 Å². The number of hydrogen-bond acceptors (Lipinski definition) is 6. The van der Waals surface area contributed by atoms with E-state index in [0.29, 0.717) is 22.5 Å². The molecule has 8 nitrogen and oxygen atoms in total. The summed E-state index contributed by atoms with van der Waals surface area (Å²) < 4.78 is 14.5. The Bertz CT molecular complexity index is 1670. The molecule has 0 aliphatic carbocycles. The van der Waals surface area contributed by atoms with Crippen LogP contribution in [-0.4, -0.2) is 52.3 Å². The van der Waals surface area contributed by atoms with Crippen LogP contribution in [-0.2, 0) is 26.4 Å². The smallest absolute Gasteiger partial charge is 0.332 e. The van der Waals surface area contributed by atoms with E-state index in [-0.39, 0.29) is 18.8 Å². The lowest BCUT2D eigenvalue weighted by atomic mass is 10.00. The number of carbonyl (C=O) groups is 1. The molecule has 0 spiro atoms. The van der Waals surface area contributed by atoms with Crippen molar-refractivity contribution in [3.05, 3.63) is 116 Å². The highest BCUT2D eigenvalue weighted by molar-refractivity contribution is 6.31. The van der Waals surface area contributed by atoms with Crippen molar-refractivity contribution >= 4 is 28.5 Å². The Hall–Kier alpha value is -3.72. The molecule has 0 bridgehead atoms. The standard InChI is InChI=1S/C36H42ClN3O5/c1-4-44-34(42)36(2,3)40-33(41)30-25-28(37)17-18-31(30)39(35(40)43)22-12-11-21-38-23-19-29(20-24-38)45-32(26-13-7-5-8-14-26)27-15-9-6-10-16-27/h5-10,13-18,25,29,32H,4,11-12,19-24H2,1-3H3. The van der Waals surface area contributed by atoms with Gasteiger partial charge in [0, 0.05) is 24.7 Å². The number of aryl methyl sites for hydroxylation is 1. The van der Waals surface area contributed by atoms with Gasteiger partial charge in [-0.2, -0.15) is 0 Å². The van der Waals surface area contributed by atoms with Gasteiger partial charge in [-0.05, 0) is 82.3 Å². The van der Waals surface area contributed by atoms with E-state index in [1.165, 1.54) is 13.8 Å². The third-order valence-electron chi connectivity index (χ3n) is 8.61. The first-order chi connectivity index (χ1) is 21.7. The van der Waals surface area contributed by atoms with Crippen LogP contribution in [0.2, 0.25) is 5.02 Å². The normalized spacial score (nSPS) is 14.7. The monoisotopic (exact) mass is 631 g/mol. The van der Waals surface area contributed by atoms with Crippen LogP contribution in [0.25, 0.3) is 10.9 Å². The van der Waals surface area contributed by atoms with Crippen LogP contribution in [0, 0.1) is 0 Å². The fraction of sp³-hybridized carbons (Fsp3) is 0.417. The number of nitrogens with zero attached hydrogens (tertiary/aromatic N) is 3. The minimum Gasteiger partial charge on any atom is -0.464 e. The lowest BCUT2D eigenvalue weighted by molar-refractivity contribution is -0.152. The van der Waals surface area contributed by atoms with Crippen LogP contribution >= 0.6 is 11.6 Å². The molecule has 1 aliphatic heterocycles. The number of likely N-dealkylation sites (tertiary alicyclic amines) is 1. The molecule has 0 atom stereocenters. The predicted octanol–water partition coefficient (Wildman–Crippen LogP) is 6.17. The van der Waals surface area contributed by atoms with Gasteiger partial charge in [0.2, 0.25) is 0 Å². The number of rotatable bonds is 12. The van der Waals surface area contributed by atoms with E-state index in [9.17, 15) is 14.4 Å². The highest BCUT2D eigenvalue weighted by Gasteiger charge is 2.36. The summed E-state index contributed by atoms with van der Waals surface area (Å²) in [5.74, 6) is -0.636. The fourth-order valence-corrected chi connectivity index (χ4v) is 6.30. The van der Waals surface area contributed by atoms with E-state index in [1.807, 2.05) is 12.1 Å². The molecular weight excluding hydrogens is 590 g/mol. The Morgan fingerprint density at radius 2 is 1.51 bits per heavy atom. The maximum atomic E-state index is 13.7. The van der Waals surface area contributed by atoms with Crippen molar-refractivity contribution in [2.75, 3.05) is 26.2 Å². The average Bonchev–Trinajstić information content (AvgIpc) is 3.05. The van der Waals surface area contributed by atoms with Gasteiger partial charge in [0.25, 0.3) is 5.56 Å². The Morgan fingerprint density at radius 3 is 2.11 bits per heavy atom. The number of ether oxygens (including phenoxy) is 2. The van der Waals surface area contributed by atoms with E-state index in [0.717, 1.165) is 61.0 Å². The molecule has 1 aliphatic rings. The van der Waals surface area contributed by atoms with Crippen molar-refractivity contribution in [2.24, 2.45) is 0 Å². The second-order valence-electron chi connectivity index (χ2n) is 12.1. The maximum Gasteiger partial charge on any atom is 0.332 e. The summed E-state index contributed by atoms with van der Waals surface area (Å²) in [4.78, 5) is 42.4. The van der Waals surface area contributed by atoms with Crippen LogP contribution in [0.4, 0.5) is 0 Å². The van der Waals surface area contributed by atoms with Crippen molar-refractivity contribution < 1.29 is 14.3 Å². The highest BCUT2D eigenvalue weighted by atomic mass is 35.5. The molecule has 1 fully saturated rings. The summed E-state index contributed by atoms with van der Waals surface area (Å²) in [5, 5.41) is 0.683. The quantitative estimate of drug-likeness (QED) is 0.137. The number of hydrogen-bond donors (Lipinski definition) is 0. The zero-order chi connectivity index (χ0) is 32.0. The lowest BCUT2D eigenvalue weighted by Gasteiger charge is -2.34. The van der Waals surface area contributed by atoms with Crippen molar-refractivity contribution in [3.63, 3.8) is 0 Å². The molecule has 45 heavy (non-hydrogen) atoms. The molecule has 5 rings (SSSR count). The Kier molecular flexibility index (Phi) is 10.6. The Balaban J connectivity index is 1.22. The van der Waals surface area contributed by atoms with Crippen LogP contribution in [0.3, 0.4) is 0 Å². The van der Waals surface area contributed by atoms with Crippen molar-refractivity contribution in [1.82, 2.24) is 14.0 Å². The van der Waals surface area contributed by atoms with E-state index in [4.69, 9.17) is 21.1 Å². The fourth-order valence-electron chi connectivity index (χ4n) is 6.13. The molecular formula is C36H42ClN3O5. The largest absolute Gasteiger partial charge is 0.464 e. The number of unbranched alkanes of at least 4 members (excludes halogenated alkanes) is 1. The summed E-state index contributed by atoms with van der Waals surface area (Å²) in [6.45, 7) is 8.10. The minimum atomic E-state index is -1.48. The SMILES string of the molecule is CCOC(=O)C(C)(C)n1c(=O)c2cc(Cl)ccc2n(CCCCN2CCC(OC(c3ccccc3)c3ccccc3)CC2)c1=O. The molecule has 9 heteroatoms. The number of aromatic nitrogens is 2. The summed E-state index contributed by atoms with van der Waals surface area (Å²) in [5.41, 5.74) is 0.265. The van der Waals surface area contributed by atoms with Gasteiger partial charge in [0.05, 0.1) is 23.6 Å². The minimum absolute atomic E-state index is 0.0935. The van der Waals surface area contributed by atoms with Crippen molar-refractivity contribution in [3.8, 4) is 0 Å². The molecule has 1 aromatic heterocycles. The van der Waals surface area contributed by atoms with Gasteiger partial charge in [0.15, 0.2) is 0 Å². The number of fused-ring (bicyclic) bond motifs is 1. The second kappa shape index (κ2) is 14.6. The number of esters is 1. The second-order valence-corrected chi connectivity index (χ2v) is 12.5. The van der Waals surface area contributed by atoms with E-state index >= 15 is 0 Å². The molecule has 0 radical (unpaired) electrons. The molecule has 238 valence electrons. The number of piperidine rings is 1. The predicted molar refractivity (Wildman–Crippen MR) is 178 cm³/mol. The Morgan fingerprint density at radius 1 is 0.911 bits per heavy atom. The first kappa shape index (κ1) is 32.7. The molecule has 0 N–H and O–H groups in total. The molecule has 1 saturated heterocycles. The topological polar surface area (TPSA) is 82.8 Å².